The number of hydrogen-bond donors (Lipinski definition) is 0. The second-order valence-electron chi connectivity index (χ2n) is 6.40. The Hall–Kier alpha value is -1.40. The van der Waals surface area contributed by atoms with Crippen molar-refractivity contribution in [3.05, 3.63) is 29.8 Å². The highest BCUT2D eigenvalue weighted by Crippen LogP contribution is 2.40. The first-order valence-corrected chi connectivity index (χ1v) is 8.95. The molecule has 0 N–H and O–H groups in total. The van der Waals surface area contributed by atoms with Gasteiger partial charge in [-0.1, -0.05) is 24.6 Å². The van der Waals surface area contributed by atoms with Crippen molar-refractivity contribution in [2.75, 3.05) is 0 Å². The van der Waals surface area contributed by atoms with E-state index in [-0.39, 0.29) is 16.8 Å². The van der Waals surface area contributed by atoms with Crippen LogP contribution in [0.15, 0.2) is 29.2 Å². The van der Waals surface area contributed by atoms with Crippen LogP contribution in [-0.4, -0.2) is 26.6 Å². The molecule has 0 aromatic heterocycles. The van der Waals surface area contributed by atoms with Crippen molar-refractivity contribution in [1.82, 2.24) is 0 Å². The Morgan fingerprint density at radius 3 is 2.55 bits per heavy atom. The Kier molecular flexibility index (Phi) is 3.99. The van der Waals surface area contributed by atoms with E-state index >= 15 is 0 Å². The minimum absolute atomic E-state index is 0.0643. The number of carbonyl (C=O) groups is 1. The summed E-state index contributed by atoms with van der Waals surface area (Å²) in [5.41, 5.74) is 0.982. The van der Waals surface area contributed by atoms with Gasteiger partial charge in [-0.25, -0.2) is 0 Å². The summed E-state index contributed by atoms with van der Waals surface area (Å²) >= 11 is 0. The number of fused-ring (bicyclic) bond motifs is 1. The maximum atomic E-state index is 12.4. The fourth-order valence-corrected chi connectivity index (χ4v) is 4.48. The van der Waals surface area contributed by atoms with Gasteiger partial charge in [0, 0.05) is 5.92 Å². The highest BCUT2D eigenvalue weighted by Gasteiger charge is 2.46. The number of hydrogen-bond acceptors (Lipinski definition) is 5. The second-order valence-corrected chi connectivity index (χ2v) is 7.97. The fourth-order valence-electron chi connectivity index (χ4n) is 3.38. The average Bonchev–Trinajstić information content (AvgIpc) is 2.79. The molecule has 1 aromatic rings. The predicted octanol–water partition coefficient (Wildman–Crippen LogP) is 2.43. The topological polar surface area (TPSA) is 69.7 Å². The molecule has 5 nitrogen and oxygen atoms in total. The second kappa shape index (κ2) is 5.66. The Morgan fingerprint density at radius 1 is 1.18 bits per heavy atom. The third-order valence-corrected chi connectivity index (χ3v) is 5.78. The van der Waals surface area contributed by atoms with E-state index in [4.69, 9.17) is 8.92 Å². The molecule has 1 saturated heterocycles. The Balaban J connectivity index is 1.81. The lowest BCUT2D eigenvalue weighted by atomic mass is 9.78. The van der Waals surface area contributed by atoms with E-state index in [1.54, 1.807) is 12.1 Å². The minimum Gasteiger partial charge on any atom is -0.459 e. The standard InChI is InChI=1S/C16H20O5S/c1-10-3-5-13(6-4-10)22(18,19)21-14-8-11(2)7-12-9-15(17)20-16(12)14/h3-6,11-12,14,16H,7-9H2,1-2H3/t11-,12-,14+,16+/m0/s1. The van der Waals surface area contributed by atoms with Crippen LogP contribution >= 0.6 is 0 Å². The molecule has 3 rings (SSSR count). The van der Waals surface area contributed by atoms with Gasteiger partial charge >= 0.3 is 5.97 Å². The molecule has 6 heteroatoms. The van der Waals surface area contributed by atoms with Gasteiger partial charge in [-0.15, -0.1) is 0 Å². The van der Waals surface area contributed by atoms with Crippen molar-refractivity contribution in [2.24, 2.45) is 11.8 Å². The van der Waals surface area contributed by atoms with Crippen LogP contribution in [0.2, 0.25) is 0 Å². The van der Waals surface area contributed by atoms with Crippen LogP contribution in [0.4, 0.5) is 0 Å². The summed E-state index contributed by atoms with van der Waals surface area (Å²) in [6, 6.07) is 6.54. The van der Waals surface area contributed by atoms with Crippen molar-refractivity contribution in [3.8, 4) is 0 Å². The first-order valence-electron chi connectivity index (χ1n) is 7.54. The molecule has 0 spiro atoms. The number of ether oxygens (including phenoxy) is 1. The van der Waals surface area contributed by atoms with Gasteiger partial charge < -0.3 is 4.74 Å². The maximum Gasteiger partial charge on any atom is 0.306 e. The van der Waals surface area contributed by atoms with E-state index in [0.717, 1.165) is 12.0 Å². The Bertz CT molecular complexity index is 664. The zero-order valence-corrected chi connectivity index (χ0v) is 13.5. The van der Waals surface area contributed by atoms with Gasteiger partial charge in [0.1, 0.15) is 12.2 Å². The number of benzene rings is 1. The molecule has 4 atom stereocenters. The molecular weight excluding hydrogens is 304 g/mol. The third-order valence-electron chi connectivity index (χ3n) is 4.43. The lowest BCUT2D eigenvalue weighted by Crippen LogP contribution is -2.41. The normalized spacial score (nSPS) is 31.6. The zero-order valence-electron chi connectivity index (χ0n) is 12.7. The molecular formula is C16H20O5S. The summed E-state index contributed by atoms with van der Waals surface area (Å²) in [6.45, 7) is 3.94. The molecule has 1 saturated carbocycles. The van der Waals surface area contributed by atoms with E-state index in [9.17, 15) is 13.2 Å². The van der Waals surface area contributed by atoms with Crippen LogP contribution in [0.25, 0.3) is 0 Å². The SMILES string of the molecule is Cc1ccc(S(=O)(=O)O[C@@H]2C[C@@H](C)C[C@H]3CC(=O)O[C@H]32)cc1. The van der Waals surface area contributed by atoms with Crippen LogP contribution < -0.4 is 0 Å². The molecule has 2 aliphatic rings. The van der Waals surface area contributed by atoms with Crippen molar-refractivity contribution in [2.45, 2.75) is 50.2 Å². The maximum absolute atomic E-state index is 12.4. The smallest absolute Gasteiger partial charge is 0.306 e. The molecule has 1 heterocycles. The molecule has 0 unspecified atom stereocenters. The van der Waals surface area contributed by atoms with E-state index in [1.165, 1.54) is 12.1 Å². The van der Waals surface area contributed by atoms with Gasteiger partial charge in [0.25, 0.3) is 10.1 Å². The molecule has 1 aliphatic heterocycles. The van der Waals surface area contributed by atoms with Crippen molar-refractivity contribution in [1.29, 1.82) is 0 Å². The molecule has 22 heavy (non-hydrogen) atoms. The summed E-state index contributed by atoms with van der Waals surface area (Å²) in [5, 5.41) is 0. The van der Waals surface area contributed by atoms with Crippen molar-refractivity contribution < 1.29 is 22.1 Å². The molecule has 0 bridgehead atoms. The number of carbonyl (C=O) groups excluding carboxylic acids is 1. The van der Waals surface area contributed by atoms with Gasteiger partial charge in [-0.3, -0.25) is 8.98 Å². The Labute approximate surface area is 130 Å². The first kappa shape index (κ1) is 15.5. The van der Waals surface area contributed by atoms with Crippen molar-refractivity contribution >= 4 is 16.1 Å². The van der Waals surface area contributed by atoms with E-state index in [0.29, 0.717) is 18.8 Å². The summed E-state index contributed by atoms with van der Waals surface area (Å²) < 4.78 is 35.6. The predicted molar refractivity (Wildman–Crippen MR) is 79.6 cm³/mol. The highest BCUT2D eigenvalue weighted by molar-refractivity contribution is 7.86. The van der Waals surface area contributed by atoms with Crippen LogP contribution in [0.3, 0.4) is 0 Å². The summed E-state index contributed by atoms with van der Waals surface area (Å²) in [7, 11) is -3.85. The van der Waals surface area contributed by atoms with Gasteiger partial charge in [0.2, 0.25) is 0 Å². The first-order chi connectivity index (χ1) is 10.3. The van der Waals surface area contributed by atoms with Crippen LogP contribution in [0, 0.1) is 18.8 Å². The summed E-state index contributed by atoms with van der Waals surface area (Å²) in [5.74, 6) is 0.119. The Morgan fingerprint density at radius 2 is 1.86 bits per heavy atom. The average molecular weight is 324 g/mol. The van der Waals surface area contributed by atoms with Crippen LogP contribution in [-0.2, 0) is 23.8 Å². The largest absolute Gasteiger partial charge is 0.459 e. The number of esters is 1. The summed E-state index contributed by atoms with van der Waals surface area (Å²) in [6.07, 6.45) is 0.787. The van der Waals surface area contributed by atoms with Gasteiger partial charge in [0.15, 0.2) is 0 Å². The highest BCUT2D eigenvalue weighted by atomic mass is 32.2. The lowest BCUT2D eigenvalue weighted by Gasteiger charge is -2.34. The van der Waals surface area contributed by atoms with Crippen molar-refractivity contribution in [3.63, 3.8) is 0 Å². The minimum atomic E-state index is -3.85. The molecule has 1 aromatic carbocycles. The van der Waals surface area contributed by atoms with E-state index in [1.807, 2.05) is 13.8 Å². The number of rotatable bonds is 3. The quantitative estimate of drug-likeness (QED) is 0.631. The molecule has 0 amide bonds. The van der Waals surface area contributed by atoms with E-state index in [2.05, 4.69) is 0 Å². The fraction of sp³-hybridized carbons (Fsp3) is 0.562. The molecule has 2 fully saturated rings. The van der Waals surface area contributed by atoms with Crippen LogP contribution in [0.5, 0.6) is 0 Å². The number of aryl methyl sites for hydroxylation is 1. The van der Waals surface area contributed by atoms with E-state index < -0.39 is 22.3 Å². The zero-order chi connectivity index (χ0) is 15.9. The monoisotopic (exact) mass is 324 g/mol. The van der Waals surface area contributed by atoms with Gasteiger partial charge in [-0.2, -0.15) is 8.42 Å². The van der Waals surface area contributed by atoms with Gasteiger partial charge in [-0.05, 0) is 37.8 Å². The van der Waals surface area contributed by atoms with Gasteiger partial charge in [0.05, 0.1) is 11.3 Å². The third kappa shape index (κ3) is 3.03. The van der Waals surface area contributed by atoms with Crippen LogP contribution in [0.1, 0.15) is 31.7 Å². The molecule has 1 aliphatic carbocycles. The molecule has 0 radical (unpaired) electrons. The lowest BCUT2D eigenvalue weighted by molar-refractivity contribution is -0.146. The summed E-state index contributed by atoms with van der Waals surface area (Å²) in [4.78, 5) is 11.6. The molecule has 120 valence electrons.